The zero-order valence-electron chi connectivity index (χ0n) is 24.7. The second-order valence-corrected chi connectivity index (χ2v) is 12.8. The minimum Gasteiger partial charge on any atom is -0.506 e. The number of nitrogens with zero attached hydrogens (tertiary/aromatic N) is 1. The Kier molecular flexibility index (Phi) is 12.6. The van der Waals surface area contributed by atoms with Gasteiger partial charge in [-0.05, 0) is 81.5 Å². The van der Waals surface area contributed by atoms with E-state index < -0.39 is 19.4 Å². The first-order chi connectivity index (χ1) is 19.6. The number of aromatic nitrogens is 1. The summed E-state index contributed by atoms with van der Waals surface area (Å²) in [4.78, 5) is 28.6. The van der Waals surface area contributed by atoms with Crippen molar-refractivity contribution in [2.75, 3.05) is 32.7 Å². The first-order valence-electron chi connectivity index (χ1n) is 14.5. The lowest BCUT2D eigenvalue weighted by atomic mass is 9.94. The smallest absolute Gasteiger partial charge is 0.320 e. The molecule has 0 aliphatic heterocycles. The van der Waals surface area contributed by atoms with E-state index in [2.05, 4.69) is 10.2 Å². The van der Waals surface area contributed by atoms with Crippen molar-refractivity contribution in [2.45, 2.75) is 78.6 Å². The quantitative estimate of drug-likeness (QED) is 0.152. The third-order valence-electron chi connectivity index (χ3n) is 7.21. The fourth-order valence-corrected chi connectivity index (χ4v) is 6.47. The average molecular weight is 590 g/mol. The summed E-state index contributed by atoms with van der Waals surface area (Å²) in [6.07, 6.45) is 7.23. The summed E-state index contributed by atoms with van der Waals surface area (Å²) in [5, 5.41) is 15.9. The highest BCUT2D eigenvalue weighted by Crippen LogP contribution is 2.37. The van der Waals surface area contributed by atoms with Crippen LogP contribution in [0.15, 0.2) is 24.3 Å². The minimum atomic E-state index is -3.52. The standard InChI is InChI=1S/C30H44N3O7P/c1-5-38-28(35)18-31-41(37,32-19-29(36)39-6-2)20-40-25-15-21(3)26(22(4)16-25)17-24-13-14-27(34)30(33-24)23-11-9-7-8-10-12-23/h13-16,23,34H,5-12,17-20H2,1-4H3,(H2,31,32,37). The van der Waals surface area contributed by atoms with E-state index in [4.69, 9.17) is 19.2 Å². The van der Waals surface area contributed by atoms with Crippen LogP contribution in [-0.2, 0) is 30.0 Å². The predicted octanol–water partition coefficient (Wildman–Crippen LogP) is 5.27. The summed E-state index contributed by atoms with van der Waals surface area (Å²) < 4.78 is 29.2. The molecule has 0 atom stereocenters. The minimum absolute atomic E-state index is 0.198. The lowest BCUT2D eigenvalue weighted by Gasteiger charge is -2.21. The molecule has 226 valence electrons. The van der Waals surface area contributed by atoms with Crippen molar-refractivity contribution in [1.29, 1.82) is 0 Å². The topological polar surface area (TPSA) is 136 Å². The number of aryl methyl sites for hydroxylation is 2. The van der Waals surface area contributed by atoms with Gasteiger partial charge >= 0.3 is 11.9 Å². The number of esters is 2. The monoisotopic (exact) mass is 589 g/mol. The molecule has 1 fully saturated rings. The van der Waals surface area contributed by atoms with Crippen molar-refractivity contribution in [1.82, 2.24) is 15.2 Å². The largest absolute Gasteiger partial charge is 0.506 e. The van der Waals surface area contributed by atoms with Crippen molar-refractivity contribution >= 4 is 19.4 Å². The van der Waals surface area contributed by atoms with Crippen LogP contribution in [0, 0.1) is 13.8 Å². The Hall–Kier alpha value is -2.94. The van der Waals surface area contributed by atoms with Gasteiger partial charge in [-0.3, -0.25) is 19.1 Å². The molecule has 0 bridgehead atoms. The number of nitrogens with one attached hydrogen (secondary N) is 2. The molecule has 2 aromatic rings. The Bertz CT molecular complexity index is 1180. The molecule has 3 rings (SSSR count). The van der Waals surface area contributed by atoms with Crippen molar-refractivity contribution < 1.29 is 33.5 Å². The highest BCUT2D eigenvalue weighted by Gasteiger charge is 2.26. The maximum Gasteiger partial charge on any atom is 0.320 e. The van der Waals surface area contributed by atoms with E-state index in [1.807, 2.05) is 32.0 Å². The maximum absolute atomic E-state index is 13.5. The van der Waals surface area contributed by atoms with Crippen LogP contribution in [0.25, 0.3) is 0 Å². The molecule has 0 saturated heterocycles. The number of carbonyl (C=O) groups excluding carboxylic acids is 2. The third-order valence-corrected chi connectivity index (χ3v) is 9.04. The van der Waals surface area contributed by atoms with Crippen LogP contribution in [-0.4, -0.2) is 54.7 Å². The molecule has 0 amide bonds. The van der Waals surface area contributed by atoms with E-state index in [-0.39, 0.29) is 38.4 Å². The number of benzene rings is 1. The van der Waals surface area contributed by atoms with E-state index in [1.165, 1.54) is 25.7 Å². The van der Waals surface area contributed by atoms with Gasteiger partial charge in [0.1, 0.15) is 24.6 Å². The third kappa shape index (κ3) is 10.1. The van der Waals surface area contributed by atoms with Crippen molar-refractivity contribution in [3.63, 3.8) is 0 Å². The molecule has 41 heavy (non-hydrogen) atoms. The molecule has 3 N–H and O–H groups in total. The van der Waals surface area contributed by atoms with Gasteiger partial charge in [-0.25, -0.2) is 10.2 Å². The van der Waals surface area contributed by atoms with Crippen LogP contribution in [0.1, 0.15) is 86.4 Å². The van der Waals surface area contributed by atoms with Gasteiger partial charge < -0.3 is 19.3 Å². The summed E-state index contributed by atoms with van der Waals surface area (Å²) >= 11 is 0. The predicted molar refractivity (Wildman–Crippen MR) is 157 cm³/mol. The lowest BCUT2D eigenvalue weighted by Crippen LogP contribution is -2.34. The SMILES string of the molecule is CCOC(=O)CNP(=O)(COc1cc(C)c(Cc2ccc(O)c(C3CCCCCC3)n2)c(C)c1)NCC(=O)OCC. The average Bonchev–Trinajstić information content (AvgIpc) is 3.23. The van der Waals surface area contributed by atoms with E-state index >= 15 is 0 Å². The van der Waals surface area contributed by atoms with E-state index in [1.54, 1.807) is 19.9 Å². The van der Waals surface area contributed by atoms with Gasteiger partial charge in [-0.2, -0.15) is 0 Å². The fraction of sp³-hybridized carbons (Fsp3) is 0.567. The highest BCUT2D eigenvalue weighted by molar-refractivity contribution is 7.59. The zero-order chi connectivity index (χ0) is 29.8. The number of pyridine rings is 1. The molecule has 11 heteroatoms. The lowest BCUT2D eigenvalue weighted by molar-refractivity contribution is -0.142. The summed E-state index contributed by atoms with van der Waals surface area (Å²) in [6.45, 7) is 7.13. The molecule has 0 radical (unpaired) electrons. The van der Waals surface area contributed by atoms with Crippen molar-refractivity contribution in [2.24, 2.45) is 0 Å². The summed E-state index contributed by atoms with van der Waals surface area (Å²) in [6, 6.07) is 7.38. The van der Waals surface area contributed by atoms with Crippen molar-refractivity contribution in [3.8, 4) is 11.5 Å². The zero-order valence-corrected chi connectivity index (χ0v) is 25.6. The molecule has 1 heterocycles. The number of ether oxygens (including phenoxy) is 3. The molecule has 1 aliphatic rings. The van der Waals surface area contributed by atoms with Gasteiger partial charge in [0, 0.05) is 18.0 Å². The molecule has 1 aliphatic carbocycles. The van der Waals surface area contributed by atoms with Gasteiger partial charge in [-0.1, -0.05) is 25.7 Å². The van der Waals surface area contributed by atoms with Crippen LogP contribution in [0.3, 0.4) is 0 Å². The molecule has 0 unspecified atom stereocenters. The van der Waals surface area contributed by atoms with Crippen LogP contribution in [0.2, 0.25) is 0 Å². The van der Waals surface area contributed by atoms with Crippen LogP contribution in [0.5, 0.6) is 11.5 Å². The van der Waals surface area contributed by atoms with Gasteiger partial charge in [0.05, 0.1) is 18.9 Å². The first-order valence-corrected chi connectivity index (χ1v) is 16.4. The second-order valence-electron chi connectivity index (χ2n) is 10.4. The Morgan fingerprint density at radius 2 is 1.51 bits per heavy atom. The molecule has 1 aromatic heterocycles. The summed E-state index contributed by atoms with van der Waals surface area (Å²) in [7, 11) is -3.52. The number of rotatable bonds is 14. The number of hydrogen-bond acceptors (Lipinski definition) is 8. The van der Waals surface area contributed by atoms with Gasteiger partial charge in [0.2, 0.25) is 7.44 Å². The number of hydrogen-bond donors (Lipinski definition) is 3. The van der Waals surface area contributed by atoms with Gasteiger partial charge in [-0.15, -0.1) is 0 Å². The molecular formula is C30H44N3O7P. The molecule has 0 spiro atoms. The van der Waals surface area contributed by atoms with E-state index in [9.17, 15) is 19.3 Å². The van der Waals surface area contributed by atoms with Crippen LogP contribution < -0.4 is 14.9 Å². The van der Waals surface area contributed by atoms with Crippen molar-refractivity contribution in [3.05, 3.63) is 52.3 Å². The molecule has 1 saturated carbocycles. The summed E-state index contributed by atoms with van der Waals surface area (Å²) in [5.41, 5.74) is 4.78. The number of carbonyl (C=O) groups is 2. The first kappa shape index (κ1) is 32.6. The fourth-order valence-electron chi connectivity index (χ4n) is 5.08. The summed E-state index contributed by atoms with van der Waals surface area (Å²) in [5.74, 6) is -0.0486. The normalized spacial score (nSPS) is 14.3. The van der Waals surface area contributed by atoms with Gasteiger partial charge in [0.15, 0.2) is 6.35 Å². The molecule has 1 aromatic carbocycles. The number of aromatic hydroxyl groups is 1. The Labute approximate surface area is 243 Å². The Morgan fingerprint density at radius 1 is 0.951 bits per heavy atom. The Morgan fingerprint density at radius 3 is 2.05 bits per heavy atom. The van der Waals surface area contributed by atoms with Crippen LogP contribution in [0.4, 0.5) is 0 Å². The molecule has 10 nitrogen and oxygen atoms in total. The maximum atomic E-state index is 13.5. The van der Waals surface area contributed by atoms with E-state index in [0.29, 0.717) is 18.1 Å². The van der Waals surface area contributed by atoms with E-state index in [0.717, 1.165) is 40.9 Å². The van der Waals surface area contributed by atoms with Crippen LogP contribution >= 0.6 is 7.44 Å². The molecular weight excluding hydrogens is 545 g/mol. The highest BCUT2D eigenvalue weighted by atomic mass is 31.2. The Balaban J connectivity index is 1.72. The van der Waals surface area contributed by atoms with Gasteiger partial charge in [0.25, 0.3) is 0 Å². The second kappa shape index (κ2) is 15.9.